The summed E-state index contributed by atoms with van der Waals surface area (Å²) >= 11 is 0. The van der Waals surface area contributed by atoms with E-state index in [-0.39, 0.29) is 18.9 Å². The van der Waals surface area contributed by atoms with Gasteiger partial charge >= 0.3 is 0 Å². The maximum absolute atomic E-state index is 12.9. The molecular weight excluding hydrogens is 202 g/mol. The number of benzene rings is 1. The van der Waals surface area contributed by atoms with Crippen molar-refractivity contribution in [2.45, 2.75) is 6.42 Å². The van der Waals surface area contributed by atoms with Crippen LogP contribution in [-0.4, -0.2) is 19.5 Å². The molecule has 5 heteroatoms. The number of carbonyl (C=O) groups is 1. The maximum atomic E-state index is 12.9. The van der Waals surface area contributed by atoms with Gasteiger partial charge < -0.3 is 10.6 Å². The van der Waals surface area contributed by atoms with Crippen LogP contribution in [0.3, 0.4) is 0 Å². The van der Waals surface area contributed by atoms with E-state index in [1.807, 2.05) is 0 Å². The fourth-order valence-corrected chi connectivity index (χ4v) is 1.13. The summed E-state index contributed by atoms with van der Waals surface area (Å²) in [6, 6.07) is 3.30. The number of amides is 1. The summed E-state index contributed by atoms with van der Waals surface area (Å²) < 4.78 is 25.5. The van der Waals surface area contributed by atoms with Gasteiger partial charge in [-0.1, -0.05) is 0 Å². The van der Waals surface area contributed by atoms with Gasteiger partial charge in [-0.25, -0.2) is 8.78 Å². The molecule has 1 aromatic carbocycles. The normalized spacial score (nSPS) is 10.1. The van der Waals surface area contributed by atoms with Crippen molar-refractivity contribution < 1.29 is 13.6 Å². The molecule has 3 nitrogen and oxygen atoms in total. The molecule has 15 heavy (non-hydrogen) atoms. The molecule has 0 aromatic heterocycles. The molecule has 1 aromatic rings. The first-order valence-corrected chi connectivity index (χ1v) is 4.48. The van der Waals surface area contributed by atoms with E-state index < -0.39 is 11.6 Å². The van der Waals surface area contributed by atoms with Crippen molar-refractivity contribution in [2.24, 2.45) is 5.73 Å². The van der Waals surface area contributed by atoms with Crippen LogP contribution >= 0.6 is 0 Å². The molecule has 0 aliphatic carbocycles. The molecule has 0 aliphatic rings. The second-order valence-corrected chi connectivity index (χ2v) is 3.09. The number of nitrogens with two attached hydrogens (primary N) is 1. The first-order valence-electron chi connectivity index (χ1n) is 4.48. The van der Waals surface area contributed by atoms with Crippen molar-refractivity contribution in [1.82, 2.24) is 0 Å². The lowest BCUT2D eigenvalue weighted by Crippen LogP contribution is -2.28. The van der Waals surface area contributed by atoms with Crippen molar-refractivity contribution in [3.8, 4) is 0 Å². The van der Waals surface area contributed by atoms with Gasteiger partial charge in [0.1, 0.15) is 0 Å². The number of rotatable bonds is 3. The number of anilines is 1. The zero-order valence-electron chi connectivity index (χ0n) is 8.34. The van der Waals surface area contributed by atoms with Crippen molar-refractivity contribution in [3.63, 3.8) is 0 Å². The average Bonchev–Trinajstić information content (AvgIpc) is 2.21. The molecule has 0 saturated carbocycles. The highest BCUT2D eigenvalue weighted by Gasteiger charge is 2.11. The summed E-state index contributed by atoms with van der Waals surface area (Å²) in [4.78, 5) is 12.6. The Kier molecular flexibility index (Phi) is 3.74. The van der Waals surface area contributed by atoms with Crippen LogP contribution in [0.2, 0.25) is 0 Å². The van der Waals surface area contributed by atoms with Crippen LogP contribution in [0.15, 0.2) is 18.2 Å². The van der Waals surface area contributed by atoms with E-state index in [2.05, 4.69) is 0 Å². The maximum Gasteiger partial charge on any atom is 0.227 e. The van der Waals surface area contributed by atoms with Gasteiger partial charge in [0.05, 0.1) is 0 Å². The Morgan fingerprint density at radius 3 is 2.60 bits per heavy atom. The van der Waals surface area contributed by atoms with Gasteiger partial charge in [-0.2, -0.15) is 0 Å². The lowest BCUT2D eigenvalue weighted by molar-refractivity contribution is -0.118. The van der Waals surface area contributed by atoms with Crippen LogP contribution in [0.1, 0.15) is 6.42 Å². The Morgan fingerprint density at radius 2 is 2.07 bits per heavy atom. The molecular formula is C10H12F2N2O. The molecule has 0 bridgehead atoms. The fourth-order valence-electron chi connectivity index (χ4n) is 1.13. The van der Waals surface area contributed by atoms with Crippen molar-refractivity contribution >= 4 is 11.6 Å². The zero-order valence-corrected chi connectivity index (χ0v) is 8.34. The molecule has 82 valence electrons. The number of hydrogen-bond acceptors (Lipinski definition) is 2. The first-order chi connectivity index (χ1) is 7.06. The molecule has 0 radical (unpaired) electrons. The summed E-state index contributed by atoms with van der Waals surface area (Å²) in [5.41, 5.74) is 5.53. The predicted molar refractivity (Wildman–Crippen MR) is 53.4 cm³/mol. The second-order valence-electron chi connectivity index (χ2n) is 3.09. The van der Waals surface area contributed by atoms with E-state index in [0.29, 0.717) is 5.69 Å². The topological polar surface area (TPSA) is 46.3 Å². The van der Waals surface area contributed by atoms with E-state index in [0.717, 1.165) is 12.1 Å². The van der Waals surface area contributed by atoms with Crippen LogP contribution in [0.4, 0.5) is 14.5 Å². The molecule has 0 aliphatic heterocycles. The predicted octanol–water partition coefficient (Wildman–Crippen LogP) is 1.28. The number of nitrogens with zero attached hydrogens (tertiary/aromatic N) is 1. The molecule has 0 unspecified atom stereocenters. The van der Waals surface area contributed by atoms with Crippen LogP contribution < -0.4 is 10.6 Å². The van der Waals surface area contributed by atoms with Crippen molar-refractivity contribution in [1.29, 1.82) is 0 Å². The SMILES string of the molecule is CN(C(=O)CCN)c1ccc(F)c(F)c1. The third-order valence-electron chi connectivity index (χ3n) is 2.02. The van der Waals surface area contributed by atoms with Gasteiger partial charge in [0.15, 0.2) is 11.6 Å². The third-order valence-corrected chi connectivity index (χ3v) is 2.02. The van der Waals surface area contributed by atoms with E-state index in [1.165, 1.54) is 18.0 Å². The minimum absolute atomic E-state index is 0.176. The minimum atomic E-state index is -0.972. The molecule has 1 amide bonds. The Morgan fingerprint density at radius 1 is 1.40 bits per heavy atom. The average molecular weight is 214 g/mol. The van der Waals surface area contributed by atoms with Gasteiger partial charge in [-0.15, -0.1) is 0 Å². The number of carbonyl (C=O) groups excluding carboxylic acids is 1. The molecule has 0 heterocycles. The standard InChI is InChI=1S/C10H12F2N2O/c1-14(10(15)4-5-13)7-2-3-8(11)9(12)6-7/h2-3,6H,4-5,13H2,1H3. The molecule has 0 fully saturated rings. The van der Waals surface area contributed by atoms with Crippen molar-refractivity contribution in [2.75, 3.05) is 18.5 Å². The first kappa shape index (κ1) is 11.6. The van der Waals surface area contributed by atoms with Crippen LogP contribution in [0.5, 0.6) is 0 Å². The molecule has 2 N–H and O–H groups in total. The molecule has 0 spiro atoms. The van der Waals surface area contributed by atoms with E-state index in [1.54, 1.807) is 0 Å². The minimum Gasteiger partial charge on any atom is -0.330 e. The van der Waals surface area contributed by atoms with Gasteiger partial charge in [0.25, 0.3) is 0 Å². The van der Waals surface area contributed by atoms with E-state index >= 15 is 0 Å². The molecule has 0 saturated heterocycles. The van der Waals surface area contributed by atoms with Gasteiger partial charge in [0, 0.05) is 31.8 Å². The summed E-state index contributed by atoms with van der Waals surface area (Å²) in [5, 5.41) is 0. The smallest absolute Gasteiger partial charge is 0.227 e. The Hall–Kier alpha value is -1.49. The van der Waals surface area contributed by atoms with Gasteiger partial charge in [-0.3, -0.25) is 4.79 Å². The largest absolute Gasteiger partial charge is 0.330 e. The lowest BCUT2D eigenvalue weighted by Gasteiger charge is -2.16. The van der Waals surface area contributed by atoms with Crippen LogP contribution in [-0.2, 0) is 4.79 Å². The quantitative estimate of drug-likeness (QED) is 0.823. The lowest BCUT2D eigenvalue weighted by atomic mass is 10.2. The Bertz CT molecular complexity index is 368. The monoisotopic (exact) mass is 214 g/mol. The van der Waals surface area contributed by atoms with Gasteiger partial charge in [-0.05, 0) is 12.1 Å². The van der Waals surface area contributed by atoms with Crippen LogP contribution in [0, 0.1) is 11.6 Å². The zero-order chi connectivity index (χ0) is 11.4. The number of halogens is 2. The van der Waals surface area contributed by atoms with E-state index in [4.69, 9.17) is 5.73 Å². The second kappa shape index (κ2) is 4.84. The van der Waals surface area contributed by atoms with Crippen LogP contribution in [0.25, 0.3) is 0 Å². The molecule has 0 atom stereocenters. The van der Waals surface area contributed by atoms with E-state index in [9.17, 15) is 13.6 Å². The highest BCUT2D eigenvalue weighted by atomic mass is 19.2. The highest BCUT2D eigenvalue weighted by molar-refractivity contribution is 5.92. The summed E-state index contributed by atoms with van der Waals surface area (Å²) in [6.45, 7) is 0.229. The summed E-state index contributed by atoms with van der Waals surface area (Å²) in [6.07, 6.45) is 0.176. The summed E-state index contributed by atoms with van der Waals surface area (Å²) in [7, 11) is 1.49. The molecule has 1 rings (SSSR count). The van der Waals surface area contributed by atoms with Gasteiger partial charge in [0.2, 0.25) is 5.91 Å². The third kappa shape index (κ3) is 2.73. The Balaban J connectivity index is 2.86. The summed E-state index contributed by atoms with van der Waals surface area (Å²) in [5.74, 6) is -2.14. The number of hydrogen-bond donors (Lipinski definition) is 1. The Labute approximate surface area is 86.5 Å². The fraction of sp³-hybridized carbons (Fsp3) is 0.300. The van der Waals surface area contributed by atoms with Crippen molar-refractivity contribution in [3.05, 3.63) is 29.8 Å². The highest BCUT2D eigenvalue weighted by Crippen LogP contribution is 2.17.